The Morgan fingerprint density at radius 2 is 1.67 bits per heavy atom. The average molecular weight is 446 g/mol. The number of rotatable bonds is 6. The van der Waals surface area contributed by atoms with Crippen molar-refractivity contribution in [1.29, 1.82) is 0 Å². The van der Waals surface area contributed by atoms with Gasteiger partial charge in [0.05, 0.1) is 17.9 Å². The standard InChI is InChI=1S/C26H31N5O2/c1-17(2)15-31-26-21-11-7-8-12-22(21)30(24(33)14-13-23(32)27-18(3)4)16-19-9-5-6-10-20(19)25(26)28-29-31/h5-12,17-18H,13-16H2,1-4H3,(H,27,32). The number of benzene rings is 2. The van der Waals surface area contributed by atoms with Crippen LogP contribution in [0, 0.1) is 5.92 Å². The highest BCUT2D eigenvalue weighted by atomic mass is 16.2. The first kappa shape index (κ1) is 22.7. The predicted octanol–water partition coefficient (Wildman–Crippen LogP) is 4.42. The largest absolute Gasteiger partial charge is 0.354 e. The van der Waals surface area contributed by atoms with Gasteiger partial charge in [-0.3, -0.25) is 9.59 Å². The number of nitrogens with one attached hydrogen (secondary N) is 1. The summed E-state index contributed by atoms with van der Waals surface area (Å²) in [5.41, 5.74) is 5.48. The Labute approximate surface area is 194 Å². The second kappa shape index (κ2) is 9.57. The topological polar surface area (TPSA) is 80.1 Å². The summed E-state index contributed by atoms with van der Waals surface area (Å²) in [4.78, 5) is 27.4. The van der Waals surface area contributed by atoms with Gasteiger partial charge in [-0.2, -0.15) is 0 Å². The van der Waals surface area contributed by atoms with E-state index in [-0.39, 0.29) is 30.7 Å². The zero-order valence-corrected chi connectivity index (χ0v) is 19.7. The number of amides is 2. The monoisotopic (exact) mass is 445 g/mol. The predicted molar refractivity (Wildman–Crippen MR) is 129 cm³/mol. The lowest BCUT2D eigenvalue weighted by Gasteiger charge is -2.29. The van der Waals surface area contributed by atoms with Gasteiger partial charge in [0, 0.05) is 36.6 Å². The molecule has 0 aliphatic carbocycles. The summed E-state index contributed by atoms with van der Waals surface area (Å²) in [6, 6.07) is 16.0. The van der Waals surface area contributed by atoms with Crippen molar-refractivity contribution in [2.75, 3.05) is 4.90 Å². The quantitative estimate of drug-likeness (QED) is 0.609. The maximum Gasteiger partial charge on any atom is 0.227 e. The zero-order chi connectivity index (χ0) is 23.5. The third-order valence-electron chi connectivity index (χ3n) is 5.64. The van der Waals surface area contributed by atoms with Crippen LogP contribution in [0.3, 0.4) is 0 Å². The summed E-state index contributed by atoms with van der Waals surface area (Å²) in [5, 5.41) is 11.9. The van der Waals surface area contributed by atoms with Crippen molar-refractivity contribution in [3.8, 4) is 22.5 Å². The highest BCUT2D eigenvalue weighted by Crippen LogP contribution is 2.41. The van der Waals surface area contributed by atoms with Crippen molar-refractivity contribution in [3.05, 3.63) is 54.1 Å². The van der Waals surface area contributed by atoms with Gasteiger partial charge < -0.3 is 10.2 Å². The molecule has 0 saturated carbocycles. The van der Waals surface area contributed by atoms with E-state index >= 15 is 0 Å². The Morgan fingerprint density at radius 1 is 0.970 bits per heavy atom. The first-order valence-electron chi connectivity index (χ1n) is 11.6. The molecule has 0 atom stereocenters. The number of carbonyl (C=O) groups excluding carboxylic acids is 2. The number of carbonyl (C=O) groups is 2. The molecule has 172 valence electrons. The molecule has 0 fully saturated rings. The summed E-state index contributed by atoms with van der Waals surface area (Å²) < 4.78 is 1.94. The highest BCUT2D eigenvalue weighted by molar-refractivity contribution is 6.01. The fourth-order valence-electron chi connectivity index (χ4n) is 4.26. The molecule has 33 heavy (non-hydrogen) atoms. The van der Waals surface area contributed by atoms with Crippen LogP contribution in [-0.4, -0.2) is 32.9 Å². The molecule has 0 spiro atoms. The van der Waals surface area contributed by atoms with E-state index in [9.17, 15) is 9.59 Å². The lowest BCUT2D eigenvalue weighted by molar-refractivity contribution is -0.125. The van der Waals surface area contributed by atoms with Crippen LogP contribution in [-0.2, 0) is 22.7 Å². The molecule has 2 aromatic carbocycles. The summed E-state index contributed by atoms with van der Waals surface area (Å²) in [6.07, 6.45) is 0.306. The lowest BCUT2D eigenvalue weighted by atomic mass is 9.95. The molecule has 0 unspecified atom stereocenters. The van der Waals surface area contributed by atoms with Gasteiger partial charge in [-0.1, -0.05) is 61.5 Å². The van der Waals surface area contributed by atoms with Gasteiger partial charge in [-0.25, -0.2) is 4.68 Å². The molecule has 2 amide bonds. The minimum Gasteiger partial charge on any atom is -0.354 e. The molecule has 1 aromatic heterocycles. The smallest absolute Gasteiger partial charge is 0.227 e. The van der Waals surface area contributed by atoms with Gasteiger partial charge in [-0.15, -0.1) is 5.10 Å². The van der Waals surface area contributed by atoms with Crippen LogP contribution in [0.15, 0.2) is 48.5 Å². The van der Waals surface area contributed by atoms with Crippen LogP contribution < -0.4 is 10.2 Å². The second-order valence-electron chi connectivity index (χ2n) is 9.24. The van der Waals surface area contributed by atoms with Crippen LogP contribution >= 0.6 is 0 Å². The normalized spacial score (nSPS) is 12.6. The van der Waals surface area contributed by atoms with Gasteiger partial charge >= 0.3 is 0 Å². The maximum atomic E-state index is 13.4. The van der Waals surface area contributed by atoms with E-state index in [2.05, 4.69) is 29.5 Å². The Bertz CT molecular complexity index is 1160. The van der Waals surface area contributed by atoms with Crippen molar-refractivity contribution < 1.29 is 9.59 Å². The van der Waals surface area contributed by atoms with Crippen LogP contribution in [0.4, 0.5) is 5.69 Å². The number of nitrogens with zero attached hydrogens (tertiary/aromatic N) is 4. The van der Waals surface area contributed by atoms with Crippen molar-refractivity contribution >= 4 is 17.5 Å². The van der Waals surface area contributed by atoms with Gasteiger partial charge in [0.1, 0.15) is 5.69 Å². The fourth-order valence-corrected chi connectivity index (χ4v) is 4.26. The van der Waals surface area contributed by atoms with Crippen LogP contribution in [0.1, 0.15) is 46.1 Å². The molecule has 1 N–H and O–H groups in total. The first-order chi connectivity index (χ1) is 15.8. The van der Waals surface area contributed by atoms with Crippen LogP contribution in [0.5, 0.6) is 0 Å². The summed E-state index contributed by atoms with van der Waals surface area (Å²) in [7, 11) is 0. The molecule has 7 heteroatoms. The Balaban J connectivity index is 1.80. The molecule has 0 bridgehead atoms. The maximum absolute atomic E-state index is 13.4. The molecule has 3 aromatic rings. The first-order valence-corrected chi connectivity index (χ1v) is 11.6. The van der Waals surface area contributed by atoms with Gasteiger partial charge in [0.25, 0.3) is 0 Å². The number of hydrogen-bond donors (Lipinski definition) is 1. The van der Waals surface area contributed by atoms with E-state index in [1.807, 2.05) is 67.1 Å². The number of aromatic nitrogens is 3. The van der Waals surface area contributed by atoms with E-state index in [0.29, 0.717) is 12.5 Å². The van der Waals surface area contributed by atoms with Crippen molar-refractivity contribution in [2.45, 2.75) is 59.7 Å². The van der Waals surface area contributed by atoms with Gasteiger partial charge in [0.15, 0.2) is 0 Å². The summed E-state index contributed by atoms with van der Waals surface area (Å²) >= 11 is 0. The van der Waals surface area contributed by atoms with Gasteiger partial charge in [0.2, 0.25) is 11.8 Å². The Morgan fingerprint density at radius 3 is 2.39 bits per heavy atom. The second-order valence-corrected chi connectivity index (χ2v) is 9.24. The lowest BCUT2D eigenvalue weighted by Crippen LogP contribution is -2.34. The molecule has 1 aliphatic rings. The molecular formula is C26H31N5O2. The number of para-hydroxylation sites is 1. The Hall–Kier alpha value is -3.48. The third-order valence-corrected chi connectivity index (χ3v) is 5.64. The minimum absolute atomic E-state index is 0.0501. The van der Waals surface area contributed by atoms with E-state index < -0.39 is 0 Å². The molecule has 1 aliphatic heterocycles. The number of hydrogen-bond acceptors (Lipinski definition) is 4. The molecular weight excluding hydrogens is 414 g/mol. The van der Waals surface area contributed by atoms with Gasteiger partial charge in [-0.05, 0) is 31.4 Å². The number of anilines is 1. The summed E-state index contributed by atoms with van der Waals surface area (Å²) in [5.74, 6) is 0.198. The van der Waals surface area contributed by atoms with Crippen molar-refractivity contribution in [1.82, 2.24) is 20.3 Å². The number of fused-ring (bicyclic) bond motifs is 5. The average Bonchev–Trinajstić information content (AvgIpc) is 3.16. The van der Waals surface area contributed by atoms with Crippen molar-refractivity contribution in [3.63, 3.8) is 0 Å². The van der Waals surface area contributed by atoms with E-state index in [4.69, 9.17) is 0 Å². The molecule has 4 rings (SSSR count). The molecule has 0 radical (unpaired) electrons. The molecule has 2 heterocycles. The Kier molecular flexibility index (Phi) is 6.58. The highest BCUT2D eigenvalue weighted by Gasteiger charge is 2.29. The zero-order valence-electron chi connectivity index (χ0n) is 19.7. The SMILES string of the molecule is CC(C)Cn1nnc2c1-c1ccccc1N(C(=O)CCC(=O)NC(C)C)Cc1ccccc1-2. The minimum atomic E-state index is -0.111. The van der Waals surface area contributed by atoms with E-state index in [1.165, 1.54) is 0 Å². The van der Waals surface area contributed by atoms with E-state index in [1.54, 1.807) is 4.90 Å². The molecule has 7 nitrogen and oxygen atoms in total. The van der Waals surface area contributed by atoms with Crippen molar-refractivity contribution in [2.24, 2.45) is 5.92 Å². The fraction of sp³-hybridized carbons (Fsp3) is 0.385. The van der Waals surface area contributed by atoms with Crippen LogP contribution in [0.25, 0.3) is 22.5 Å². The van der Waals surface area contributed by atoms with Crippen LogP contribution in [0.2, 0.25) is 0 Å². The van der Waals surface area contributed by atoms with E-state index in [0.717, 1.165) is 40.3 Å². The third kappa shape index (κ3) is 4.82. The molecule has 0 saturated heterocycles. The summed E-state index contributed by atoms with van der Waals surface area (Å²) in [6.45, 7) is 9.26.